The summed E-state index contributed by atoms with van der Waals surface area (Å²) in [7, 11) is -2.82. The molecule has 63 valence electrons. The van der Waals surface area contributed by atoms with E-state index in [1.165, 1.54) is 0 Å². The zero-order valence-corrected chi connectivity index (χ0v) is 7.02. The summed E-state index contributed by atoms with van der Waals surface area (Å²) in [5, 5.41) is 7.14. The molecular weight excluding hydrogens is 164 g/mol. The number of hydrogen-bond acceptors (Lipinski definition) is 3. The van der Waals surface area contributed by atoms with Crippen molar-refractivity contribution in [3.05, 3.63) is 6.92 Å². The van der Waals surface area contributed by atoms with E-state index >= 15 is 0 Å². The molecule has 1 heterocycles. The summed E-state index contributed by atoms with van der Waals surface area (Å²) in [6.07, 6.45) is 0. The third-order valence-electron chi connectivity index (χ3n) is 1.73. The van der Waals surface area contributed by atoms with Gasteiger partial charge in [0, 0.05) is 20.0 Å². The van der Waals surface area contributed by atoms with E-state index < -0.39 is 9.84 Å². The lowest BCUT2D eigenvalue weighted by Crippen LogP contribution is -2.42. The van der Waals surface area contributed by atoms with Crippen LogP contribution in [0.4, 0.5) is 0 Å². The molecule has 0 spiro atoms. The minimum absolute atomic E-state index is 0.158. The van der Waals surface area contributed by atoms with Crippen molar-refractivity contribution in [2.24, 2.45) is 0 Å². The van der Waals surface area contributed by atoms with Crippen molar-refractivity contribution >= 4 is 15.7 Å². The standard InChI is InChI=1S/C6H11N2O2S/c1-6(7)8-2-4-11(9,10)5-3-8/h7H,1-5H2. The molecular formula is C6H11N2O2S. The van der Waals surface area contributed by atoms with Crippen molar-refractivity contribution in [3.63, 3.8) is 0 Å². The second-order valence-corrected chi connectivity index (χ2v) is 4.89. The van der Waals surface area contributed by atoms with Crippen LogP contribution in [0.15, 0.2) is 0 Å². The molecule has 0 aliphatic carbocycles. The lowest BCUT2D eigenvalue weighted by Gasteiger charge is -2.26. The highest BCUT2D eigenvalue weighted by molar-refractivity contribution is 7.91. The molecule has 4 nitrogen and oxygen atoms in total. The van der Waals surface area contributed by atoms with Gasteiger partial charge in [-0.25, -0.2) is 8.42 Å². The van der Waals surface area contributed by atoms with Gasteiger partial charge in [-0.2, -0.15) is 0 Å². The van der Waals surface area contributed by atoms with Crippen LogP contribution in [0, 0.1) is 12.3 Å². The monoisotopic (exact) mass is 175 g/mol. The van der Waals surface area contributed by atoms with E-state index in [4.69, 9.17) is 5.41 Å². The van der Waals surface area contributed by atoms with Crippen molar-refractivity contribution in [2.75, 3.05) is 24.6 Å². The third kappa shape index (κ3) is 2.18. The van der Waals surface area contributed by atoms with E-state index in [2.05, 4.69) is 6.92 Å². The van der Waals surface area contributed by atoms with Gasteiger partial charge in [0.1, 0.15) is 0 Å². The molecule has 0 bridgehead atoms. The fourth-order valence-corrected chi connectivity index (χ4v) is 2.18. The number of hydrogen-bond donors (Lipinski definition) is 1. The van der Waals surface area contributed by atoms with Gasteiger partial charge in [-0.05, 0) is 0 Å². The van der Waals surface area contributed by atoms with Gasteiger partial charge >= 0.3 is 0 Å². The lowest BCUT2D eigenvalue weighted by atomic mass is 10.5. The first-order chi connectivity index (χ1) is 5.01. The average molecular weight is 175 g/mol. The summed E-state index contributed by atoms with van der Waals surface area (Å²) in [6, 6.07) is 0. The Morgan fingerprint density at radius 1 is 1.36 bits per heavy atom. The summed E-state index contributed by atoms with van der Waals surface area (Å²) < 4.78 is 21.8. The van der Waals surface area contributed by atoms with Gasteiger partial charge in [0.05, 0.1) is 17.3 Å². The molecule has 1 rings (SSSR count). The van der Waals surface area contributed by atoms with Gasteiger partial charge in [-0.15, -0.1) is 0 Å². The molecule has 1 aliphatic rings. The largest absolute Gasteiger partial charge is 0.359 e. The van der Waals surface area contributed by atoms with Crippen LogP contribution in [-0.4, -0.2) is 43.7 Å². The lowest BCUT2D eigenvalue weighted by molar-refractivity contribution is 0.442. The van der Waals surface area contributed by atoms with Crippen molar-refractivity contribution in [1.82, 2.24) is 4.90 Å². The van der Waals surface area contributed by atoms with Crippen LogP contribution in [0.25, 0.3) is 0 Å². The number of nitrogens with one attached hydrogen (secondary N) is 1. The van der Waals surface area contributed by atoms with Gasteiger partial charge in [0.25, 0.3) is 0 Å². The van der Waals surface area contributed by atoms with Crippen LogP contribution in [0.2, 0.25) is 0 Å². The molecule has 0 unspecified atom stereocenters. The second-order valence-electron chi connectivity index (χ2n) is 2.59. The van der Waals surface area contributed by atoms with Crippen LogP contribution in [-0.2, 0) is 9.84 Å². The van der Waals surface area contributed by atoms with E-state index in [1.54, 1.807) is 4.90 Å². The molecule has 0 aromatic heterocycles. The number of sulfone groups is 1. The summed E-state index contributed by atoms with van der Waals surface area (Å²) in [6.45, 7) is 4.27. The van der Waals surface area contributed by atoms with E-state index in [0.29, 0.717) is 13.1 Å². The van der Waals surface area contributed by atoms with Crippen LogP contribution in [0.1, 0.15) is 0 Å². The Kier molecular flexibility index (Phi) is 2.17. The molecule has 1 aliphatic heterocycles. The predicted octanol–water partition coefficient (Wildman–Crippen LogP) is -0.472. The maximum atomic E-state index is 10.9. The third-order valence-corrected chi connectivity index (χ3v) is 3.34. The second kappa shape index (κ2) is 2.81. The highest BCUT2D eigenvalue weighted by Gasteiger charge is 2.21. The first kappa shape index (κ1) is 8.52. The van der Waals surface area contributed by atoms with Gasteiger partial charge in [0.15, 0.2) is 9.84 Å². The molecule has 0 atom stereocenters. The highest BCUT2D eigenvalue weighted by Crippen LogP contribution is 2.02. The minimum atomic E-state index is -2.82. The number of rotatable bonds is 0. The molecule has 0 aromatic carbocycles. The molecule has 1 fully saturated rings. The van der Waals surface area contributed by atoms with Crippen molar-refractivity contribution in [1.29, 1.82) is 5.41 Å². The normalized spacial score (nSPS) is 23.2. The molecule has 11 heavy (non-hydrogen) atoms. The van der Waals surface area contributed by atoms with Crippen molar-refractivity contribution in [2.45, 2.75) is 0 Å². The molecule has 1 N–H and O–H groups in total. The maximum absolute atomic E-state index is 10.9. The summed E-state index contributed by atoms with van der Waals surface area (Å²) in [4.78, 5) is 1.67. The Hall–Kier alpha value is -0.580. The minimum Gasteiger partial charge on any atom is -0.359 e. The van der Waals surface area contributed by atoms with E-state index in [9.17, 15) is 8.42 Å². The topological polar surface area (TPSA) is 61.2 Å². The van der Waals surface area contributed by atoms with Crippen LogP contribution < -0.4 is 0 Å². The SMILES string of the molecule is [CH2]C(=N)N1CCS(=O)(=O)CC1. The zero-order chi connectivity index (χ0) is 8.48. The smallest absolute Gasteiger partial charge is 0.153 e. The molecule has 5 heteroatoms. The van der Waals surface area contributed by atoms with Crippen LogP contribution >= 0.6 is 0 Å². The molecule has 1 radical (unpaired) electrons. The van der Waals surface area contributed by atoms with E-state index in [1.807, 2.05) is 0 Å². The van der Waals surface area contributed by atoms with Crippen LogP contribution in [0.5, 0.6) is 0 Å². The first-order valence-corrected chi connectivity index (χ1v) is 5.19. The average Bonchev–Trinajstić information content (AvgIpc) is 1.86. The van der Waals surface area contributed by atoms with Gasteiger partial charge < -0.3 is 4.90 Å². The summed E-state index contributed by atoms with van der Waals surface area (Å²) >= 11 is 0. The van der Waals surface area contributed by atoms with E-state index in [0.717, 1.165) is 0 Å². The summed E-state index contributed by atoms with van der Waals surface area (Å²) in [5.74, 6) is 0.524. The summed E-state index contributed by atoms with van der Waals surface area (Å²) in [5.41, 5.74) is 0. The first-order valence-electron chi connectivity index (χ1n) is 3.37. The van der Waals surface area contributed by atoms with Gasteiger partial charge in [0.2, 0.25) is 0 Å². The molecule has 1 saturated heterocycles. The van der Waals surface area contributed by atoms with Gasteiger partial charge in [-0.3, -0.25) is 5.41 Å². The van der Waals surface area contributed by atoms with Crippen LogP contribution in [0.3, 0.4) is 0 Å². The fourth-order valence-electron chi connectivity index (χ4n) is 0.982. The Labute approximate surface area is 66.6 Å². The Balaban J connectivity index is 2.56. The Morgan fingerprint density at radius 2 is 1.82 bits per heavy atom. The molecule has 0 amide bonds. The molecule has 0 saturated carbocycles. The Bertz CT molecular complexity index is 244. The number of amidine groups is 1. The number of nitrogens with zero attached hydrogens (tertiary/aromatic N) is 1. The van der Waals surface area contributed by atoms with Crippen molar-refractivity contribution in [3.8, 4) is 0 Å². The highest BCUT2D eigenvalue weighted by atomic mass is 32.2. The van der Waals surface area contributed by atoms with Crippen molar-refractivity contribution < 1.29 is 8.42 Å². The Morgan fingerprint density at radius 3 is 2.18 bits per heavy atom. The molecule has 0 aromatic rings. The fraction of sp³-hybridized carbons (Fsp3) is 0.667. The zero-order valence-electron chi connectivity index (χ0n) is 6.21. The van der Waals surface area contributed by atoms with Gasteiger partial charge in [-0.1, -0.05) is 0 Å². The predicted molar refractivity (Wildman–Crippen MR) is 43.3 cm³/mol. The van der Waals surface area contributed by atoms with E-state index in [-0.39, 0.29) is 17.3 Å². The quantitative estimate of drug-likeness (QED) is 0.400. The maximum Gasteiger partial charge on any atom is 0.153 e.